The van der Waals surface area contributed by atoms with Gasteiger partial charge in [-0.1, -0.05) is 59.6 Å². The second kappa shape index (κ2) is 7.13. The van der Waals surface area contributed by atoms with Crippen molar-refractivity contribution in [3.8, 4) is 0 Å². The lowest BCUT2D eigenvalue weighted by Crippen LogP contribution is -2.31. The number of hydrogen-bond acceptors (Lipinski definition) is 2. The quantitative estimate of drug-likeness (QED) is 0.785. The first kappa shape index (κ1) is 14.7. The van der Waals surface area contributed by atoms with Crippen LogP contribution in [0.3, 0.4) is 0 Å². The van der Waals surface area contributed by atoms with Crippen molar-refractivity contribution in [2.24, 2.45) is 0 Å². The zero-order valence-electron chi connectivity index (χ0n) is 9.90. The van der Waals surface area contributed by atoms with E-state index in [1.165, 1.54) is 0 Å². The van der Waals surface area contributed by atoms with Gasteiger partial charge in [0, 0.05) is 5.33 Å². The minimum atomic E-state index is -3.18. The Hall–Kier alpha value is -0.390. The fourth-order valence-electron chi connectivity index (χ4n) is 1.48. The third-order valence-electron chi connectivity index (χ3n) is 2.44. The van der Waals surface area contributed by atoms with Crippen molar-refractivity contribution >= 4 is 26.0 Å². The van der Waals surface area contributed by atoms with E-state index in [-0.39, 0.29) is 11.8 Å². The van der Waals surface area contributed by atoms with E-state index in [1.807, 2.05) is 37.3 Å². The number of hydrogen-bond donors (Lipinski definition) is 1. The van der Waals surface area contributed by atoms with Crippen molar-refractivity contribution in [1.29, 1.82) is 0 Å². The summed E-state index contributed by atoms with van der Waals surface area (Å²) in [6.07, 6.45) is 1.57. The largest absolute Gasteiger partial charge is 0.212 e. The number of alkyl halides is 1. The first-order valence-corrected chi connectivity index (χ1v) is 8.47. The predicted octanol–water partition coefficient (Wildman–Crippen LogP) is 2.84. The number of rotatable bonds is 7. The molecule has 96 valence electrons. The van der Waals surface area contributed by atoms with E-state index in [2.05, 4.69) is 20.7 Å². The number of nitrogens with one attached hydrogen (secondary N) is 1. The van der Waals surface area contributed by atoms with Gasteiger partial charge in [-0.3, -0.25) is 0 Å². The van der Waals surface area contributed by atoms with Crippen LogP contribution in [-0.4, -0.2) is 19.5 Å². The molecule has 1 unspecified atom stereocenters. The summed E-state index contributed by atoms with van der Waals surface area (Å²) in [7, 11) is -3.18. The van der Waals surface area contributed by atoms with Gasteiger partial charge >= 0.3 is 0 Å². The van der Waals surface area contributed by atoms with Crippen LogP contribution in [0.1, 0.15) is 31.4 Å². The fraction of sp³-hybridized carbons (Fsp3) is 0.500. The minimum Gasteiger partial charge on any atom is -0.212 e. The normalized spacial score (nSPS) is 13.5. The molecule has 1 N–H and O–H groups in total. The van der Waals surface area contributed by atoms with Crippen LogP contribution in [0.4, 0.5) is 0 Å². The molecular weight excluding hydrogens is 302 g/mol. The lowest BCUT2D eigenvalue weighted by Gasteiger charge is -2.16. The lowest BCUT2D eigenvalue weighted by molar-refractivity contribution is 0.565. The summed E-state index contributed by atoms with van der Waals surface area (Å²) in [5, 5.41) is 0.572. The Kier molecular flexibility index (Phi) is 6.16. The molecule has 5 heteroatoms. The molecule has 0 saturated carbocycles. The van der Waals surface area contributed by atoms with Gasteiger partial charge in [0.2, 0.25) is 10.0 Å². The maximum Gasteiger partial charge on any atom is 0.212 e. The van der Waals surface area contributed by atoms with Gasteiger partial charge in [-0.05, 0) is 12.0 Å². The van der Waals surface area contributed by atoms with E-state index in [4.69, 9.17) is 0 Å². The van der Waals surface area contributed by atoms with Gasteiger partial charge in [-0.25, -0.2) is 13.1 Å². The van der Waals surface area contributed by atoms with Crippen molar-refractivity contribution in [2.45, 2.75) is 25.8 Å². The second-order valence-electron chi connectivity index (χ2n) is 3.91. The maximum absolute atomic E-state index is 11.8. The van der Waals surface area contributed by atoms with Crippen molar-refractivity contribution in [1.82, 2.24) is 4.72 Å². The highest BCUT2D eigenvalue weighted by Gasteiger charge is 2.17. The van der Waals surface area contributed by atoms with E-state index in [1.54, 1.807) is 0 Å². The molecule has 0 fully saturated rings. The minimum absolute atomic E-state index is 0.194. The summed E-state index contributed by atoms with van der Waals surface area (Å²) in [4.78, 5) is 0. The van der Waals surface area contributed by atoms with E-state index >= 15 is 0 Å². The van der Waals surface area contributed by atoms with Crippen molar-refractivity contribution in [2.75, 3.05) is 11.1 Å². The highest BCUT2D eigenvalue weighted by atomic mass is 79.9. The standard InChI is InChI=1S/C12H18BrNO2S/c1-2-3-9-17(15,16)14-12(10-13)11-7-5-4-6-8-11/h4-8,12,14H,2-3,9-10H2,1H3. The molecule has 0 saturated heterocycles. The van der Waals surface area contributed by atoms with Crippen LogP contribution in [0.25, 0.3) is 0 Å². The molecule has 1 aromatic rings. The van der Waals surface area contributed by atoms with Crippen molar-refractivity contribution < 1.29 is 8.42 Å². The Bertz CT molecular complexity index is 419. The van der Waals surface area contributed by atoms with Crippen LogP contribution in [0.5, 0.6) is 0 Å². The zero-order valence-corrected chi connectivity index (χ0v) is 12.3. The van der Waals surface area contributed by atoms with Gasteiger partial charge in [-0.15, -0.1) is 0 Å². The summed E-state index contributed by atoms with van der Waals surface area (Å²) in [5.41, 5.74) is 0.976. The summed E-state index contributed by atoms with van der Waals surface area (Å²) < 4.78 is 26.3. The first-order chi connectivity index (χ1) is 8.09. The molecule has 1 rings (SSSR count). The Morgan fingerprint density at radius 3 is 2.47 bits per heavy atom. The molecule has 1 aromatic carbocycles. The van der Waals surface area contributed by atoms with Gasteiger partial charge in [-0.2, -0.15) is 0 Å². The molecule has 0 bridgehead atoms. The summed E-state index contributed by atoms with van der Waals surface area (Å²) in [5.74, 6) is 0.194. The van der Waals surface area contributed by atoms with Crippen LogP contribution in [0, 0.1) is 0 Å². The average molecular weight is 320 g/mol. The molecule has 0 aliphatic heterocycles. The Morgan fingerprint density at radius 2 is 1.94 bits per heavy atom. The third kappa shape index (κ3) is 5.19. The molecule has 0 aliphatic rings. The van der Waals surface area contributed by atoms with Crippen LogP contribution >= 0.6 is 15.9 Å². The summed E-state index contributed by atoms with van der Waals surface area (Å²) in [6, 6.07) is 9.39. The van der Waals surface area contributed by atoms with E-state index in [9.17, 15) is 8.42 Å². The number of unbranched alkanes of at least 4 members (excludes halogenated alkanes) is 1. The van der Waals surface area contributed by atoms with Gasteiger partial charge in [0.25, 0.3) is 0 Å². The number of halogens is 1. The van der Waals surface area contributed by atoms with Gasteiger partial charge in [0.05, 0.1) is 11.8 Å². The summed E-state index contributed by atoms with van der Waals surface area (Å²) >= 11 is 3.35. The second-order valence-corrected chi connectivity index (χ2v) is 6.43. The van der Waals surface area contributed by atoms with Crippen LogP contribution < -0.4 is 4.72 Å². The highest BCUT2D eigenvalue weighted by molar-refractivity contribution is 9.09. The number of benzene rings is 1. The fourth-order valence-corrected chi connectivity index (χ4v) is 3.67. The van der Waals surface area contributed by atoms with Gasteiger partial charge in [0.15, 0.2) is 0 Å². The topological polar surface area (TPSA) is 46.2 Å². The average Bonchev–Trinajstić information content (AvgIpc) is 2.35. The molecule has 0 heterocycles. The monoisotopic (exact) mass is 319 g/mol. The zero-order chi connectivity index (χ0) is 12.7. The Balaban J connectivity index is 2.71. The lowest BCUT2D eigenvalue weighted by atomic mass is 10.1. The maximum atomic E-state index is 11.8. The van der Waals surface area contributed by atoms with E-state index < -0.39 is 10.0 Å². The smallest absolute Gasteiger partial charge is 0.212 e. The predicted molar refractivity (Wildman–Crippen MR) is 74.8 cm³/mol. The molecule has 1 atom stereocenters. The first-order valence-electron chi connectivity index (χ1n) is 5.70. The van der Waals surface area contributed by atoms with Crippen LogP contribution in [0.15, 0.2) is 30.3 Å². The Morgan fingerprint density at radius 1 is 1.29 bits per heavy atom. The van der Waals surface area contributed by atoms with E-state index in [0.29, 0.717) is 11.8 Å². The molecular formula is C12H18BrNO2S. The van der Waals surface area contributed by atoms with E-state index in [0.717, 1.165) is 12.0 Å². The molecule has 0 spiro atoms. The van der Waals surface area contributed by atoms with Crippen LogP contribution in [-0.2, 0) is 10.0 Å². The molecule has 0 amide bonds. The molecule has 0 aliphatic carbocycles. The van der Waals surface area contributed by atoms with Crippen molar-refractivity contribution in [3.63, 3.8) is 0 Å². The molecule has 3 nitrogen and oxygen atoms in total. The van der Waals surface area contributed by atoms with Gasteiger partial charge < -0.3 is 0 Å². The van der Waals surface area contributed by atoms with Crippen LogP contribution in [0.2, 0.25) is 0 Å². The molecule has 0 radical (unpaired) electrons. The van der Waals surface area contributed by atoms with Crippen molar-refractivity contribution in [3.05, 3.63) is 35.9 Å². The number of sulfonamides is 1. The van der Waals surface area contributed by atoms with Gasteiger partial charge in [0.1, 0.15) is 0 Å². The highest BCUT2D eigenvalue weighted by Crippen LogP contribution is 2.16. The molecule has 0 aromatic heterocycles. The third-order valence-corrected chi connectivity index (χ3v) is 4.56. The SMILES string of the molecule is CCCCS(=O)(=O)NC(CBr)c1ccccc1. The molecule has 17 heavy (non-hydrogen) atoms. The summed E-state index contributed by atoms with van der Waals surface area (Å²) in [6.45, 7) is 1.98. The Labute approximate surface area is 112 Å².